The second-order valence-electron chi connectivity index (χ2n) is 7.79. The number of carbonyl (C=O) groups excluding carboxylic acids is 1. The maximum absolute atomic E-state index is 13.1. The lowest BCUT2D eigenvalue weighted by molar-refractivity contribution is -0.126. The van der Waals surface area contributed by atoms with Gasteiger partial charge in [-0.3, -0.25) is 9.89 Å². The first-order valence-corrected chi connectivity index (χ1v) is 11.9. The Morgan fingerprint density at radius 2 is 2.03 bits per heavy atom. The molecule has 0 bridgehead atoms. The van der Waals surface area contributed by atoms with Crippen LogP contribution in [0.5, 0.6) is 5.75 Å². The lowest BCUT2D eigenvalue weighted by Gasteiger charge is -2.31. The topological polar surface area (TPSA) is 118 Å². The summed E-state index contributed by atoms with van der Waals surface area (Å²) in [6, 6.07) is 12.0. The van der Waals surface area contributed by atoms with Crippen LogP contribution in [0, 0.1) is 5.92 Å². The van der Waals surface area contributed by atoms with Gasteiger partial charge in [0, 0.05) is 19.3 Å². The molecule has 0 saturated carbocycles. The molecule has 32 heavy (non-hydrogen) atoms. The molecule has 1 aromatic carbocycles. The van der Waals surface area contributed by atoms with Crippen molar-refractivity contribution in [3.8, 4) is 17.2 Å². The lowest BCUT2D eigenvalue weighted by atomic mass is 9.98. The third-order valence-electron chi connectivity index (χ3n) is 5.67. The van der Waals surface area contributed by atoms with Crippen LogP contribution < -0.4 is 10.1 Å². The Bertz CT molecular complexity index is 1160. The molecular formula is C22H26N4O5S. The third kappa shape index (κ3) is 4.56. The molecule has 2 atom stereocenters. The number of methoxy groups -OCH3 is 1. The minimum atomic E-state index is -3.85. The first-order valence-electron chi connectivity index (χ1n) is 10.4. The van der Waals surface area contributed by atoms with E-state index < -0.39 is 15.9 Å². The maximum atomic E-state index is 13.1. The zero-order chi connectivity index (χ0) is 22.7. The van der Waals surface area contributed by atoms with Crippen molar-refractivity contribution in [1.82, 2.24) is 19.8 Å². The molecule has 2 N–H and O–H groups in total. The van der Waals surface area contributed by atoms with E-state index in [4.69, 9.17) is 9.15 Å². The zero-order valence-electron chi connectivity index (χ0n) is 17.9. The molecule has 170 valence electrons. The molecular weight excluding hydrogens is 432 g/mol. The normalized spacial score (nSPS) is 18.2. The van der Waals surface area contributed by atoms with Crippen molar-refractivity contribution in [2.75, 3.05) is 20.2 Å². The molecule has 0 aliphatic carbocycles. The molecule has 10 heteroatoms. The summed E-state index contributed by atoms with van der Waals surface area (Å²) < 4.78 is 38.3. The average molecular weight is 459 g/mol. The number of piperidine rings is 1. The molecule has 1 aliphatic rings. The van der Waals surface area contributed by atoms with Crippen LogP contribution in [0.4, 0.5) is 0 Å². The Hall–Kier alpha value is -3.11. The SMILES string of the molecule is COc1ccc([C@@H](C)NC(=O)[C@@H]2CCCN(S(=O)(=O)c3ccc(-c4ccn[nH]4)o3)C2)cc1. The number of hydrogen-bond donors (Lipinski definition) is 2. The van der Waals surface area contributed by atoms with E-state index >= 15 is 0 Å². The van der Waals surface area contributed by atoms with E-state index in [1.165, 1.54) is 10.4 Å². The standard InChI is InChI=1S/C22H26N4O5S/c1-15(16-5-7-18(30-2)8-6-16)24-22(27)17-4-3-13-26(14-17)32(28,29)21-10-9-20(31-21)19-11-12-23-25-19/h5-12,15,17H,3-4,13-14H2,1-2H3,(H,23,25)(H,24,27)/t15-,17-/m1/s1. The second kappa shape index (κ2) is 9.17. The fourth-order valence-electron chi connectivity index (χ4n) is 3.81. The molecule has 3 heterocycles. The molecule has 1 saturated heterocycles. The van der Waals surface area contributed by atoms with Gasteiger partial charge in [0.1, 0.15) is 11.4 Å². The molecule has 9 nitrogen and oxygen atoms in total. The van der Waals surface area contributed by atoms with Gasteiger partial charge in [-0.15, -0.1) is 0 Å². The van der Waals surface area contributed by atoms with Crippen molar-refractivity contribution >= 4 is 15.9 Å². The van der Waals surface area contributed by atoms with E-state index in [-0.39, 0.29) is 23.6 Å². The Labute approximate surface area is 186 Å². The van der Waals surface area contributed by atoms with Gasteiger partial charge in [-0.05, 0) is 55.7 Å². The van der Waals surface area contributed by atoms with Gasteiger partial charge in [-0.25, -0.2) is 8.42 Å². The fraction of sp³-hybridized carbons (Fsp3) is 0.364. The number of amides is 1. The molecule has 2 aromatic heterocycles. The van der Waals surface area contributed by atoms with Crippen molar-refractivity contribution in [3.63, 3.8) is 0 Å². The van der Waals surface area contributed by atoms with Gasteiger partial charge >= 0.3 is 0 Å². The highest BCUT2D eigenvalue weighted by atomic mass is 32.2. The smallest absolute Gasteiger partial charge is 0.276 e. The molecule has 1 fully saturated rings. The number of furan rings is 1. The van der Waals surface area contributed by atoms with Crippen LogP contribution in [0.3, 0.4) is 0 Å². The van der Waals surface area contributed by atoms with Crippen LogP contribution in [0.15, 0.2) is 58.2 Å². The molecule has 0 unspecified atom stereocenters. The summed E-state index contributed by atoms with van der Waals surface area (Å²) in [6.07, 6.45) is 2.79. The lowest BCUT2D eigenvalue weighted by Crippen LogP contribution is -2.45. The number of aromatic nitrogens is 2. The van der Waals surface area contributed by atoms with Crippen molar-refractivity contribution in [2.45, 2.75) is 30.9 Å². The highest BCUT2D eigenvalue weighted by Crippen LogP contribution is 2.28. The number of H-pyrrole nitrogens is 1. The number of carbonyl (C=O) groups is 1. The number of hydrogen-bond acceptors (Lipinski definition) is 6. The van der Waals surface area contributed by atoms with Gasteiger partial charge in [0.15, 0.2) is 5.76 Å². The van der Waals surface area contributed by atoms with E-state index in [1.54, 1.807) is 25.4 Å². The molecule has 4 rings (SSSR count). The van der Waals surface area contributed by atoms with Crippen molar-refractivity contribution in [3.05, 3.63) is 54.2 Å². The van der Waals surface area contributed by atoms with Crippen LogP contribution in [0.1, 0.15) is 31.4 Å². The number of benzene rings is 1. The number of nitrogens with zero attached hydrogens (tertiary/aromatic N) is 2. The average Bonchev–Trinajstić information content (AvgIpc) is 3.51. The summed E-state index contributed by atoms with van der Waals surface area (Å²) in [6.45, 7) is 2.36. The highest BCUT2D eigenvalue weighted by molar-refractivity contribution is 7.89. The Kier molecular flexibility index (Phi) is 6.33. The number of ether oxygens (including phenoxy) is 1. The third-order valence-corrected chi connectivity index (χ3v) is 7.41. The molecule has 3 aromatic rings. The van der Waals surface area contributed by atoms with Gasteiger partial charge in [-0.1, -0.05) is 12.1 Å². The van der Waals surface area contributed by atoms with Gasteiger partial charge in [-0.2, -0.15) is 9.40 Å². The quantitative estimate of drug-likeness (QED) is 0.562. The minimum Gasteiger partial charge on any atom is -0.497 e. The zero-order valence-corrected chi connectivity index (χ0v) is 18.8. The van der Waals surface area contributed by atoms with Crippen LogP contribution in [-0.4, -0.2) is 49.0 Å². The number of sulfonamides is 1. The predicted molar refractivity (Wildman–Crippen MR) is 117 cm³/mol. The first kappa shape index (κ1) is 22.1. The van der Waals surface area contributed by atoms with Crippen molar-refractivity contribution in [1.29, 1.82) is 0 Å². The Balaban J connectivity index is 1.42. The van der Waals surface area contributed by atoms with E-state index in [0.717, 1.165) is 11.3 Å². The summed E-state index contributed by atoms with van der Waals surface area (Å²) in [7, 11) is -2.25. The molecule has 0 spiro atoms. The van der Waals surface area contributed by atoms with E-state index in [1.807, 2.05) is 31.2 Å². The van der Waals surface area contributed by atoms with Gasteiger partial charge in [0.25, 0.3) is 10.0 Å². The van der Waals surface area contributed by atoms with Crippen LogP contribution in [0.25, 0.3) is 11.5 Å². The number of rotatable bonds is 7. The van der Waals surface area contributed by atoms with Gasteiger partial charge in [0.2, 0.25) is 11.0 Å². The minimum absolute atomic E-state index is 0.115. The Morgan fingerprint density at radius 1 is 1.25 bits per heavy atom. The predicted octanol–water partition coefficient (Wildman–Crippen LogP) is 2.96. The summed E-state index contributed by atoms with van der Waals surface area (Å²) >= 11 is 0. The van der Waals surface area contributed by atoms with Crippen molar-refractivity contribution < 1.29 is 22.4 Å². The van der Waals surface area contributed by atoms with Gasteiger partial charge < -0.3 is 14.5 Å². The van der Waals surface area contributed by atoms with Crippen LogP contribution in [-0.2, 0) is 14.8 Å². The number of nitrogens with one attached hydrogen (secondary N) is 2. The summed E-state index contributed by atoms with van der Waals surface area (Å²) in [4.78, 5) is 12.9. The van der Waals surface area contributed by atoms with E-state index in [9.17, 15) is 13.2 Å². The molecule has 1 amide bonds. The second-order valence-corrected chi connectivity index (χ2v) is 9.66. The largest absolute Gasteiger partial charge is 0.497 e. The monoisotopic (exact) mass is 458 g/mol. The maximum Gasteiger partial charge on any atom is 0.276 e. The fourth-order valence-corrected chi connectivity index (χ4v) is 5.24. The van der Waals surface area contributed by atoms with E-state index in [0.29, 0.717) is 30.8 Å². The van der Waals surface area contributed by atoms with Crippen LogP contribution >= 0.6 is 0 Å². The summed E-state index contributed by atoms with van der Waals surface area (Å²) in [5, 5.41) is 9.45. The van der Waals surface area contributed by atoms with E-state index in [2.05, 4.69) is 15.5 Å². The first-order chi connectivity index (χ1) is 15.4. The highest BCUT2D eigenvalue weighted by Gasteiger charge is 2.35. The summed E-state index contributed by atoms with van der Waals surface area (Å²) in [5.41, 5.74) is 1.54. The molecule has 1 aliphatic heterocycles. The molecule has 0 radical (unpaired) electrons. The van der Waals surface area contributed by atoms with Crippen LogP contribution in [0.2, 0.25) is 0 Å². The van der Waals surface area contributed by atoms with Gasteiger partial charge in [0.05, 0.1) is 19.1 Å². The Morgan fingerprint density at radius 3 is 2.72 bits per heavy atom. The number of aromatic amines is 1. The van der Waals surface area contributed by atoms with Crippen molar-refractivity contribution in [2.24, 2.45) is 5.92 Å². The summed E-state index contributed by atoms with van der Waals surface area (Å²) in [5.74, 6) is 0.543.